The molecule has 136 valence electrons. The zero-order valence-corrected chi connectivity index (χ0v) is 14.9. The lowest BCUT2D eigenvalue weighted by molar-refractivity contribution is 0.196. The first-order chi connectivity index (χ1) is 12.5. The quantitative estimate of drug-likeness (QED) is 0.858. The number of piperidine rings is 1. The van der Waals surface area contributed by atoms with E-state index in [4.69, 9.17) is 5.73 Å². The lowest BCUT2D eigenvalue weighted by atomic mass is 10.1. The summed E-state index contributed by atoms with van der Waals surface area (Å²) in [5.41, 5.74) is 7.29. The van der Waals surface area contributed by atoms with Crippen LogP contribution < -0.4 is 17.0 Å². The Labute approximate surface area is 151 Å². The molecule has 26 heavy (non-hydrogen) atoms. The second-order valence-electron chi connectivity index (χ2n) is 6.81. The zero-order valence-electron chi connectivity index (χ0n) is 14.9. The molecular formula is C19H23N5O2. The first-order valence-corrected chi connectivity index (χ1v) is 8.75. The monoisotopic (exact) mass is 353 g/mol. The lowest BCUT2D eigenvalue weighted by Gasteiger charge is -2.31. The Kier molecular flexibility index (Phi) is 5.35. The van der Waals surface area contributed by atoms with Gasteiger partial charge in [-0.25, -0.2) is 4.79 Å². The summed E-state index contributed by atoms with van der Waals surface area (Å²) in [7, 11) is 1.47. The number of benzene rings is 1. The summed E-state index contributed by atoms with van der Waals surface area (Å²) in [5, 5.41) is 9.31. The van der Waals surface area contributed by atoms with Gasteiger partial charge in [-0.3, -0.25) is 18.8 Å². The molecule has 1 aliphatic heterocycles. The van der Waals surface area contributed by atoms with Crippen LogP contribution in [0.2, 0.25) is 0 Å². The molecular weight excluding hydrogens is 330 g/mol. The number of nitriles is 1. The molecule has 1 aromatic heterocycles. The van der Waals surface area contributed by atoms with Gasteiger partial charge in [0.25, 0.3) is 5.56 Å². The van der Waals surface area contributed by atoms with Crippen LogP contribution in [-0.4, -0.2) is 33.2 Å². The summed E-state index contributed by atoms with van der Waals surface area (Å²) < 4.78 is 2.68. The summed E-state index contributed by atoms with van der Waals surface area (Å²) in [6.45, 7) is 2.39. The number of hydrogen-bond acceptors (Lipinski definition) is 5. The molecule has 7 heteroatoms. The van der Waals surface area contributed by atoms with E-state index in [1.165, 1.54) is 13.1 Å². The summed E-state index contributed by atoms with van der Waals surface area (Å²) >= 11 is 0. The van der Waals surface area contributed by atoms with Crippen molar-refractivity contribution in [3.05, 3.63) is 68.0 Å². The Morgan fingerprint density at radius 1 is 1.27 bits per heavy atom. The lowest BCUT2D eigenvalue weighted by Crippen LogP contribution is -2.45. The molecule has 2 N–H and O–H groups in total. The third-order valence-electron chi connectivity index (χ3n) is 4.88. The molecule has 2 heterocycles. The molecule has 0 saturated carbocycles. The highest BCUT2D eigenvalue weighted by molar-refractivity contribution is 5.37. The van der Waals surface area contributed by atoms with Crippen molar-refractivity contribution in [3.63, 3.8) is 0 Å². The van der Waals surface area contributed by atoms with Crippen molar-refractivity contribution >= 4 is 0 Å². The van der Waals surface area contributed by atoms with E-state index in [9.17, 15) is 14.9 Å². The van der Waals surface area contributed by atoms with E-state index in [2.05, 4.69) is 11.0 Å². The minimum atomic E-state index is -0.374. The van der Waals surface area contributed by atoms with Gasteiger partial charge >= 0.3 is 5.69 Å². The van der Waals surface area contributed by atoms with Crippen LogP contribution in [0.1, 0.15) is 29.7 Å². The number of aromatic nitrogens is 2. The maximum atomic E-state index is 12.7. The Balaban J connectivity index is 2.00. The molecule has 7 nitrogen and oxygen atoms in total. The Hall–Kier alpha value is -2.69. The fraction of sp³-hybridized carbons (Fsp3) is 0.421. The van der Waals surface area contributed by atoms with Crippen molar-refractivity contribution in [2.24, 2.45) is 12.8 Å². The number of nitrogens with two attached hydrogens (primary N) is 1. The van der Waals surface area contributed by atoms with Crippen molar-refractivity contribution in [2.45, 2.75) is 32.0 Å². The van der Waals surface area contributed by atoms with E-state index in [1.807, 2.05) is 12.1 Å². The molecule has 1 atom stereocenters. The largest absolute Gasteiger partial charge is 0.331 e. The highest BCUT2D eigenvalue weighted by Gasteiger charge is 2.19. The third kappa shape index (κ3) is 3.77. The maximum absolute atomic E-state index is 12.7. The summed E-state index contributed by atoms with van der Waals surface area (Å²) in [6, 6.07) is 11.0. The topological polar surface area (TPSA) is 97.1 Å². The van der Waals surface area contributed by atoms with Crippen molar-refractivity contribution in [1.29, 1.82) is 5.26 Å². The molecule has 0 amide bonds. The molecule has 0 bridgehead atoms. The fourth-order valence-electron chi connectivity index (χ4n) is 3.42. The van der Waals surface area contributed by atoms with Crippen molar-refractivity contribution in [1.82, 2.24) is 14.0 Å². The van der Waals surface area contributed by atoms with Gasteiger partial charge in [0.15, 0.2) is 0 Å². The van der Waals surface area contributed by atoms with Gasteiger partial charge in [-0.05, 0) is 31.0 Å². The van der Waals surface area contributed by atoms with Crippen LogP contribution >= 0.6 is 0 Å². The van der Waals surface area contributed by atoms with Gasteiger partial charge in [0, 0.05) is 37.9 Å². The van der Waals surface area contributed by atoms with Crippen LogP contribution in [0.5, 0.6) is 0 Å². The molecule has 1 fully saturated rings. The number of hydrogen-bond donors (Lipinski definition) is 1. The summed E-state index contributed by atoms with van der Waals surface area (Å²) in [5.74, 6) is 0. The van der Waals surface area contributed by atoms with Crippen LogP contribution in [0.15, 0.2) is 39.9 Å². The molecule has 0 spiro atoms. The normalized spacial score (nSPS) is 17.8. The second kappa shape index (κ2) is 7.68. The Bertz CT molecular complexity index is 954. The van der Waals surface area contributed by atoms with E-state index in [0.29, 0.717) is 17.8 Å². The van der Waals surface area contributed by atoms with Gasteiger partial charge in [-0.15, -0.1) is 0 Å². The smallest absolute Gasteiger partial charge is 0.327 e. The Morgan fingerprint density at radius 3 is 2.77 bits per heavy atom. The SMILES string of the molecule is Cn1c(=O)cc(CN2CCCC(N)C2)n(Cc2ccccc2C#N)c1=O. The number of rotatable bonds is 4. The van der Waals surface area contributed by atoms with Gasteiger partial charge < -0.3 is 5.73 Å². The van der Waals surface area contributed by atoms with Gasteiger partial charge in [0.1, 0.15) is 0 Å². The summed E-state index contributed by atoms with van der Waals surface area (Å²) in [4.78, 5) is 27.0. The minimum Gasteiger partial charge on any atom is -0.327 e. The molecule has 1 aliphatic rings. The maximum Gasteiger partial charge on any atom is 0.331 e. The van der Waals surface area contributed by atoms with E-state index in [-0.39, 0.29) is 23.8 Å². The molecule has 1 aromatic carbocycles. The van der Waals surface area contributed by atoms with Crippen LogP contribution in [-0.2, 0) is 20.1 Å². The van der Waals surface area contributed by atoms with Crippen molar-refractivity contribution in [3.8, 4) is 6.07 Å². The van der Waals surface area contributed by atoms with E-state index < -0.39 is 0 Å². The van der Waals surface area contributed by atoms with E-state index >= 15 is 0 Å². The van der Waals surface area contributed by atoms with Gasteiger partial charge in [-0.1, -0.05) is 18.2 Å². The van der Waals surface area contributed by atoms with E-state index in [1.54, 1.807) is 16.7 Å². The molecule has 1 unspecified atom stereocenters. The van der Waals surface area contributed by atoms with Crippen LogP contribution in [0.25, 0.3) is 0 Å². The zero-order chi connectivity index (χ0) is 18.7. The molecule has 3 rings (SSSR count). The third-order valence-corrected chi connectivity index (χ3v) is 4.88. The molecule has 1 saturated heterocycles. The van der Waals surface area contributed by atoms with Gasteiger partial charge in [0.2, 0.25) is 0 Å². The predicted molar refractivity (Wildman–Crippen MR) is 98.7 cm³/mol. The summed E-state index contributed by atoms with van der Waals surface area (Å²) in [6.07, 6.45) is 2.00. The van der Waals surface area contributed by atoms with Crippen LogP contribution in [0, 0.1) is 11.3 Å². The van der Waals surface area contributed by atoms with Crippen LogP contribution in [0.4, 0.5) is 0 Å². The second-order valence-corrected chi connectivity index (χ2v) is 6.81. The van der Waals surface area contributed by atoms with Crippen LogP contribution in [0.3, 0.4) is 0 Å². The standard InChI is InChI=1S/C19H23N5O2/c1-22-18(25)9-17(13-23-8-4-7-16(21)12-23)24(19(22)26)11-15-6-3-2-5-14(15)10-20/h2-3,5-6,9,16H,4,7-8,11-13,21H2,1H3. The molecule has 2 aromatic rings. The predicted octanol–water partition coefficient (Wildman–Crippen LogP) is 0.390. The van der Waals surface area contributed by atoms with Gasteiger partial charge in [-0.2, -0.15) is 5.26 Å². The highest BCUT2D eigenvalue weighted by atomic mass is 16.2. The Morgan fingerprint density at radius 2 is 2.04 bits per heavy atom. The van der Waals surface area contributed by atoms with E-state index in [0.717, 1.165) is 36.1 Å². The van der Waals surface area contributed by atoms with Gasteiger partial charge in [0.05, 0.1) is 18.2 Å². The first kappa shape index (κ1) is 18.1. The average Bonchev–Trinajstić information content (AvgIpc) is 2.63. The molecule has 0 aliphatic carbocycles. The molecule has 0 radical (unpaired) electrons. The number of likely N-dealkylation sites (tertiary alicyclic amines) is 1. The fourth-order valence-corrected chi connectivity index (χ4v) is 3.42. The van der Waals surface area contributed by atoms with Crippen molar-refractivity contribution < 1.29 is 0 Å². The van der Waals surface area contributed by atoms with Crippen molar-refractivity contribution in [2.75, 3.05) is 13.1 Å². The first-order valence-electron chi connectivity index (χ1n) is 8.75. The minimum absolute atomic E-state index is 0.120. The highest BCUT2D eigenvalue weighted by Crippen LogP contribution is 2.13. The number of nitrogens with zero attached hydrogens (tertiary/aromatic N) is 4. The average molecular weight is 353 g/mol.